The van der Waals surface area contributed by atoms with Gasteiger partial charge in [-0.25, -0.2) is 0 Å². The smallest absolute Gasteiger partial charge is 0.0125 e. The predicted octanol–water partition coefficient (Wildman–Crippen LogP) is 4.69. The molecule has 0 heteroatoms. The first-order valence-electron chi connectivity index (χ1n) is 8.06. The lowest BCUT2D eigenvalue weighted by molar-refractivity contribution is 0.229. The molecule has 0 spiro atoms. The van der Waals surface area contributed by atoms with E-state index in [2.05, 4.69) is 48.5 Å². The van der Waals surface area contributed by atoms with Crippen LogP contribution in [0.15, 0.2) is 48.5 Å². The van der Waals surface area contributed by atoms with Gasteiger partial charge in [0.1, 0.15) is 0 Å². The number of rotatable bonds is 0. The van der Waals surface area contributed by atoms with E-state index in [0.717, 1.165) is 23.7 Å². The van der Waals surface area contributed by atoms with E-state index in [4.69, 9.17) is 0 Å². The predicted molar refractivity (Wildman–Crippen MR) is 82.0 cm³/mol. The van der Waals surface area contributed by atoms with E-state index in [1.807, 2.05) is 0 Å². The molecule has 4 atom stereocenters. The summed E-state index contributed by atoms with van der Waals surface area (Å²) in [5.41, 5.74) is 6.62. The van der Waals surface area contributed by atoms with Crippen molar-refractivity contribution < 1.29 is 0 Å². The molecule has 0 bridgehead atoms. The summed E-state index contributed by atoms with van der Waals surface area (Å²) in [6, 6.07) is 18.4. The van der Waals surface area contributed by atoms with Gasteiger partial charge in [-0.2, -0.15) is 0 Å². The van der Waals surface area contributed by atoms with Crippen LogP contribution in [0.2, 0.25) is 0 Å². The molecular formula is C20H20. The van der Waals surface area contributed by atoms with Gasteiger partial charge in [-0.15, -0.1) is 0 Å². The molecule has 0 aromatic heterocycles. The Labute approximate surface area is 120 Å². The molecule has 2 aromatic carbocycles. The maximum absolute atomic E-state index is 2.39. The zero-order valence-electron chi connectivity index (χ0n) is 11.8. The molecule has 0 aliphatic heterocycles. The van der Waals surface area contributed by atoms with Crippen LogP contribution in [0.25, 0.3) is 0 Å². The maximum Gasteiger partial charge on any atom is -0.0125 e. The molecule has 1 fully saturated rings. The van der Waals surface area contributed by atoms with E-state index >= 15 is 0 Å². The van der Waals surface area contributed by atoms with Crippen molar-refractivity contribution in [2.45, 2.75) is 37.5 Å². The van der Waals surface area contributed by atoms with E-state index in [1.165, 1.54) is 25.7 Å². The van der Waals surface area contributed by atoms with Crippen molar-refractivity contribution in [3.63, 3.8) is 0 Å². The van der Waals surface area contributed by atoms with Crippen LogP contribution in [0, 0.1) is 11.8 Å². The molecule has 2 aromatic rings. The highest BCUT2D eigenvalue weighted by molar-refractivity contribution is 5.41. The Kier molecular flexibility index (Phi) is 2.21. The molecular weight excluding hydrogens is 240 g/mol. The fraction of sp³-hybridized carbons (Fsp3) is 0.400. The van der Waals surface area contributed by atoms with Gasteiger partial charge in [0.25, 0.3) is 0 Å². The van der Waals surface area contributed by atoms with Crippen LogP contribution in [0.4, 0.5) is 0 Å². The number of benzene rings is 2. The summed E-state index contributed by atoms with van der Waals surface area (Å²) in [7, 11) is 0. The van der Waals surface area contributed by atoms with Crippen LogP contribution in [0.3, 0.4) is 0 Å². The van der Waals surface area contributed by atoms with Crippen molar-refractivity contribution in [3.05, 3.63) is 70.8 Å². The normalized spacial score (nSPS) is 33.2. The van der Waals surface area contributed by atoms with Gasteiger partial charge in [-0.3, -0.25) is 0 Å². The Hall–Kier alpha value is -1.56. The lowest BCUT2D eigenvalue weighted by Gasteiger charge is -2.35. The van der Waals surface area contributed by atoms with Gasteiger partial charge in [-0.05, 0) is 71.6 Å². The molecule has 0 saturated heterocycles. The SMILES string of the molecule is c1ccc2c(c1)CC1CC3c4ccccc4CC3CC21. The van der Waals surface area contributed by atoms with Crippen molar-refractivity contribution in [3.8, 4) is 0 Å². The molecule has 0 amide bonds. The van der Waals surface area contributed by atoms with Gasteiger partial charge in [-0.1, -0.05) is 48.5 Å². The molecule has 1 saturated carbocycles. The highest BCUT2D eigenvalue weighted by Crippen LogP contribution is 2.56. The van der Waals surface area contributed by atoms with Gasteiger partial charge in [0.2, 0.25) is 0 Å². The zero-order chi connectivity index (χ0) is 13.1. The Balaban J connectivity index is 1.52. The van der Waals surface area contributed by atoms with Crippen LogP contribution in [0.5, 0.6) is 0 Å². The van der Waals surface area contributed by atoms with Crippen molar-refractivity contribution in [1.29, 1.82) is 0 Å². The lowest BCUT2D eigenvalue weighted by Crippen LogP contribution is -2.25. The lowest BCUT2D eigenvalue weighted by atomic mass is 9.69. The molecule has 0 radical (unpaired) electrons. The molecule has 0 nitrogen and oxygen atoms in total. The van der Waals surface area contributed by atoms with Crippen LogP contribution in [-0.2, 0) is 12.8 Å². The fourth-order valence-electron chi connectivity index (χ4n) is 5.31. The molecule has 4 unspecified atom stereocenters. The average molecular weight is 260 g/mol. The van der Waals surface area contributed by atoms with Gasteiger partial charge in [0.15, 0.2) is 0 Å². The minimum atomic E-state index is 0.849. The second-order valence-corrected chi connectivity index (χ2v) is 7.01. The molecule has 0 N–H and O–H groups in total. The summed E-state index contributed by atoms with van der Waals surface area (Å²) in [5.74, 6) is 3.50. The fourth-order valence-corrected chi connectivity index (χ4v) is 5.31. The number of fused-ring (bicyclic) bond motifs is 6. The Bertz CT molecular complexity index is 610. The number of hydrogen-bond donors (Lipinski definition) is 0. The largest absolute Gasteiger partial charge is 0.0620 e. The summed E-state index contributed by atoms with van der Waals surface area (Å²) >= 11 is 0. The van der Waals surface area contributed by atoms with Crippen molar-refractivity contribution in [2.24, 2.45) is 11.8 Å². The molecule has 3 aliphatic rings. The van der Waals surface area contributed by atoms with Crippen LogP contribution < -0.4 is 0 Å². The van der Waals surface area contributed by atoms with E-state index < -0.39 is 0 Å². The van der Waals surface area contributed by atoms with Crippen LogP contribution >= 0.6 is 0 Å². The first-order valence-corrected chi connectivity index (χ1v) is 8.06. The minimum absolute atomic E-state index is 0.849. The van der Waals surface area contributed by atoms with Gasteiger partial charge < -0.3 is 0 Å². The van der Waals surface area contributed by atoms with Gasteiger partial charge >= 0.3 is 0 Å². The molecule has 100 valence electrons. The maximum atomic E-state index is 2.39. The summed E-state index contributed by atoms with van der Waals surface area (Å²) < 4.78 is 0. The van der Waals surface area contributed by atoms with Gasteiger partial charge in [0.05, 0.1) is 0 Å². The highest BCUT2D eigenvalue weighted by atomic mass is 14.5. The third-order valence-electron chi connectivity index (χ3n) is 6.12. The van der Waals surface area contributed by atoms with E-state index in [1.54, 1.807) is 22.3 Å². The number of hydrogen-bond acceptors (Lipinski definition) is 0. The summed E-state index contributed by atoms with van der Waals surface area (Å²) in [6.45, 7) is 0. The first-order chi connectivity index (χ1) is 9.90. The van der Waals surface area contributed by atoms with Crippen molar-refractivity contribution >= 4 is 0 Å². The first kappa shape index (κ1) is 11.1. The standard InChI is InChI=1S/C20H20/c1-3-7-17-13(5-1)9-15-11-20-16(12-19(15)17)10-14-6-2-4-8-18(14)20/h1-8,15-16,19-20H,9-12H2. The Morgan fingerprint density at radius 3 is 1.55 bits per heavy atom. The third-order valence-corrected chi connectivity index (χ3v) is 6.12. The average Bonchev–Trinajstić information content (AvgIpc) is 3.02. The van der Waals surface area contributed by atoms with Crippen molar-refractivity contribution in [2.75, 3.05) is 0 Å². The topological polar surface area (TPSA) is 0 Å². The van der Waals surface area contributed by atoms with E-state index in [9.17, 15) is 0 Å². The second kappa shape index (κ2) is 3.97. The van der Waals surface area contributed by atoms with E-state index in [0.29, 0.717) is 0 Å². The van der Waals surface area contributed by atoms with Crippen molar-refractivity contribution in [1.82, 2.24) is 0 Å². The van der Waals surface area contributed by atoms with Crippen LogP contribution in [0.1, 0.15) is 46.9 Å². The van der Waals surface area contributed by atoms with Gasteiger partial charge in [0, 0.05) is 0 Å². The van der Waals surface area contributed by atoms with Crippen LogP contribution in [-0.4, -0.2) is 0 Å². The third kappa shape index (κ3) is 1.43. The summed E-state index contributed by atoms with van der Waals surface area (Å²) in [5, 5.41) is 0. The van der Waals surface area contributed by atoms with E-state index in [-0.39, 0.29) is 0 Å². The molecule has 5 rings (SSSR count). The Morgan fingerprint density at radius 1 is 0.600 bits per heavy atom. The minimum Gasteiger partial charge on any atom is -0.0620 e. The molecule has 20 heavy (non-hydrogen) atoms. The monoisotopic (exact) mass is 260 g/mol. The summed E-state index contributed by atoms with van der Waals surface area (Å²) in [4.78, 5) is 0. The molecule has 3 aliphatic carbocycles. The zero-order valence-corrected chi connectivity index (χ0v) is 11.8. The second-order valence-electron chi connectivity index (χ2n) is 7.01. The highest BCUT2D eigenvalue weighted by Gasteiger charge is 2.45. The molecule has 0 heterocycles. The quantitative estimate of drug-likeness (QED) is 0.644. The Morgan fingerprint density at radius 2 is 1.05 bits per heavy atom. The summed E-state index contributed by atoms with van der Waals surface area (Å²) in [6.07, 6.45) is 5.49.